The molecule has 19 heavy (non-hydrogen) atoms. The van der Waals surface area contributed by atoms with Gasteiger partial charge in [-0.15, -0.1) is 0 Å². The van der Waals surface area contributed by atoms with Gasteiger partial charge >= 0.3 is 0 Å². The van der Waals surface area contributed by atoms with Gasteiger partial charge in [-0.3, -0.25) is 4.79 Å². The highest BCUT2D eigenvalue weighted by Crippen LogP contribution is 2.11. The molecular weight excluding hydrogens is 240 g/mol. The summed E-state index contributed by atoms with van der Waals surface area (Å²) in [5, 5.41) is 9.25. The van der Waals surface area contributed by atoms with Crippen LogP contribution in [-0.2, 0) is 11.2 Å². The second-order valence-corrected chi connectivity index (χ2v) is 5.02. The third kappa shape index (κ3) is 5.41. The van der Waals surface area contributed by atoms with Crippen LogP contribution in [-0.4, -0.2) is 42.2 Å². The maximum atomic E-state index is 12.3. The fourth-order valence-corrected chi connectivity index (χ4v) is 1.97. The number of amides is 1. The number of benzene rings is 1. The zero-order valence-corrected chi connectivity index (χ0v) is 11.7. The molecule has 106 valence electrons. The number of carbonyl (C=O) groups is 1. The van der Waals surface area contributed by atoms with Crippen LogP contribution in [0, 0.1) is 5.92 Å². The first-order chi connectivity index (χ1) is 9.04. The Kier molecular flexibility index (Phi) is 6.53. The number of hydrogen-bond acceptors (Lipinski definition) is 3. The predicted octanol–water partition coefficient (Wildman–Crippen LogP) is 1.03. The zero-order chi connectivity index (χ0) is 14.3. The van der Waals surface area contributed by atoms with Crippen molar-refractivity contribution in [2.45, 2.75) is 25.9 Å². The molecule has 0 bridgehead atoms. The Hall–Kier alpha value is -1.39. The second kappa shape index (κ2) is 7.92. The van der Waals surface area contributed by atoms with E-state index in [4.69, 9.17) is 5.73 Å². The minimum atomic E-state index is -0.388. The van der Waals surface area contributed by atoms with E-state index in [0.29, 0.717) is 25.9 Å². The van der Waals surface area contributed by atoms with E-state index < -0.39 is 0 Å². The molecule has 0 aliphatic carbocycles. The molecule has 0 fully saturated rings. The van der Waals surface area contributed by atoms with E-state index in [1.54, 1.807) is 18.9 Å². The molecular formula is C15H24N2O2. The van der Waals surface area contributed by atoms with Crippen molar-refractivity contribution in [1.29, 1.82) is 0 Å². The third-order valence-electron chi connectivity index (χ3n) is 3.22. The van der Waals surface area contributed by atoms with Crippen LogP contribution in [0.1, 0.15) is 18.9 Å². The minimum absolute atomic E-state index is 0.0482. The molecule has 0 saturated carbocycles. The van der Waals surface area contributed by atoms with E-state index in [-0.39, 0.29) is 17.9 Å². The fraction of sp³-hybridized carbons (Fsp3) is 0.533. The quantitative estimate of drug-likeness (QED) is 0.773. The molecule has 0 aliphatic rings. The van der Waals surface area contributed by atoms with Crippen molar-refractivity contribution in [2.75, 3.05) is 20.1 Å². The van der Waals surface area contributed by atoms with Crippen molar-refractivity contribution in [3.05, 3.63) is 35.9 Å². The van der Waals surface area contributed by atoms with Crippen LogP contribution in [0.2, 0.25) is 0 Å². The van der Waals surface area contributed by atoms with Crippen molar-refractivity contribution in [3.63, 3.8) is 0 Å². The zero-order valence-electron chi connectivity index (χ0n) is 11.7. The van der Waals surface area contributed by atoms with Crippen LogP contribution in [0.4, 0.5) is 0 Å². The maximum absolute atomic E-state index is 12.3. The monoisotopic (exact) mass is 264 g/mol. The van der Waals surface area contributed by atoms with Gasteiger partial charge in [-0.05, 0) is 25.3 Å². The van der Waals surface area contributed by atoms with Crippen LogP contribution in [0.25, 0.3) is 0 Å². The fourth-order valence-electron chi connectivity index (χ4n) is 1.97. The highest BCUT2D eigenvalue weighted by molar-refractivity contribution is 5.79. The average molecular weight is 264 g/mol. The van der Waals surface area contributed by atoms with Gasteiger partial charge in [-0.25, -0.2) is 0 Å². The van der Waals surface area contributed by atoms with Crippen molar-refractivity contribution < 1.29 is 9.90 Å². The van der Waals surface area contributed by atoms with Gasteiger partial charge in [0.15, 0.2) is 0 Å². The molecule has 0 saturated heterocycles. The maximum Gasteiger partial charge on any atom is 0.227 e. The van der Waals surface area contributed by atoms with E-state index in [2.05, 4.69) is 0 Å². The van der Waals surface area contributed by atoms with Gasteiger partial charge in [-0.1, -0.05) is 30.3 Å². The van der Waals surface area contributed by atoms with E-state index in [1.807, 2.05) is 30.3 Å². The van der Waals surface area contributed by atoms with Crippen molar-refractivity contribution in [2.24, 2.45) is 11.7 Å². The van der Waals surface area contributed by atoms with Gasteiger partial charge in [0.05, 0.1) is 12.0 Å². The molecule has 1 aromatic carbocycles. The summed E-state index contributed by atoms with van der Waals surface area (Å²) in [6.07, 6.45) is 0.862. The Morgan fingerprint density at radius 3 is 2.53 bits per heavy atom. The third-order valence-corrected chi connectivity index (χ3v) is 3.22. The summed E-state index contributed by atoms with van der Waals surface area (Å²) in [6.45, 7) is 2.62. The SMILES string of the molecule is CC(O)CCN(C)C(=O)C(CN)Cc1ccccc1. The molecule has 4 heteroatoms. The van der Waals surface area contributed by atoms with Crippen LogP contribution >= 0.6 is 0 Å². The number of aliphatic hydroxyl groups excluding tert-OH is 1. The van der Waals surface area contributed by atoms with Gasteiger partial charge in [-0.2, -0.15) is 0 Å². The Bertz CT molecular complexity index is 379. The van der Waals surface area contributed by atoms with Crippen LogP contribution in [0.15, 0.2) is 30.3 Å². The topological polar surface area (TPSA) is 66.6 Å². The summed E-state index contributed by atoms with van der Waals surface area (Å²) < 4.78 is 0. The highest BCUT2D eigenvalue weighted by Gasteiger charge is 2.21. The molecule has 1 aromatic rings. The molecule has 0 aromatic heterocycles. The Morgan fingerprint density at radius 2 is 2.00 bits per heavy atom. The molecule has 3 N–H and O–H groups in total. The lowest BCUT2D eigenvalue weighted by atomic mass is 9.98. The standard InChI is InChI=1S/C15H24N2O2/c1-12(18)8-9-17(2)15(19)14(11-16)10-13-6-4-3-5-7-13/h3-7,12,14,18H,8-11,16H2,1-2H3. The van der Waals surface area contributed by atoms with Gasteiger partial charge in [0, 0.05) is 20.1 Å². The summed E-state index contributed by atoms with van der Waals surface area (Å²) in [4.78, 5) is 13.9. The Labute approximate surface area is 115 Å². The average Bonchev–Trinajstić information content (AvgIpc) is 2.42. The second-order valence-electron chi connectivity index (χ2n) is 5.02. The highest BCUT2D eigenvalue weighted by atomic mass is 16.3. The molecule has 0 heterocycles. The summed E-state index contributed by atoms with van der Waals surface area (Å²) >= 11 is 0. The number of nitrogens with zero attached hydrogens (tertiary/aromatic N) is 1. The molecule has 0 spiro atoms. The largest absolute Gasteiger partial charge is 0.393 e. The molecule has 1 amide bonds. The molecule has 4 nitrogen and oxygen atoms in total. The number of nitrogens with two attached hydrogens (primary N) is 1. The van der Waals surface area contributed by atoms with Crippen LogP contribution in [0.5, 0.6) is 0 Å². The first-order valence-corrected chi connectivity index (χ1v) is 6.71. The molecule has 0 aliphatic heterocycles. The number of aliphatic hydroxyl groups is 1. The minimum Gasteiger partial charge on any atom is -0.393 e. The Morgan fingerprint density at radius 1 is 1.37 bits per heavy atom. The Balaban J connectivity index is 2.56. The van der Waals surface area contributed by atoms with Crippen molar-refractivity contribution >= 4 is 5.91 Å². The lowest BCUT2D eigenvalue weighted by Crippen LogP contribution is -2.38. The van der Waals surface area contributed by atoms with Crippen molar-refractivity contribution in [1.82, 2.24) is 4.90 Å². The van der Waals surface area contributed by atoms with Gasteiger partial charge in [0.1, 0.15) is 0 Å². The molecule has 0 radical (unpaired) electrons. The van der Waals surface area contributed by atoms with E-state index in [9.17, 15) is 9.90 Å². The lowest BCUT2D eigenvalue weighted by molar-refractivity contribution is -0.134. The first-order valence-electron chi connectivity index (χ1n) is 6.71. The molecule has 1 rings (SSSR count). The molecule has 2 atom stereocenters. The van der Waals surface area contributed by atoms with Crippen LogP contribution in [0.3, 0.4) is 0 Å². The number of hydrogen-bond donors (Lipinski definition) is 2. The van der Waals surface area contributed by atoms with Gasteiger partial charge in [0.25, 0.3) is 0 Å². The summed E-state index contributed by atoms with van der Waals surface area (Å²) in [6, 6.07) is 9.89. The summed E-state index contributed by atoms with van der Waals surface area (Å²) in [5.74, 6) is -0.145. The predicted molar refractivity (Wildman–Crippen MR) is 76.6 cm³/mol. The summed E-state index contributed by atoms with van der Waals surface area (Å²) in [5.41, 5.74) is 6.84. The smallest absolute Gasteiger partial charge is 0.227 e. The van der Waals surface area contributed by atoms with Crippen LogP contribution < -0.4 is 5.73 Å². The normalized spacial score (nSPS) is 13.9. The van der Waals surface area contributed by atoms with E-state index in [1.165, 1.54) is 0 Å². The van der Waals surface area contributed by atoms with Gasteiger partial charge in [0.2, 0.25) is 5.91 Å². The first kappa shape index (κ1) is 15.7. The van der Waals surface area contributed by atoms with Gasteiger partial charge < -0.3 is 15.7 Å². The number of rotatable bonds is 7. The lowest BCUT2D eigenvalue weighted by Gasteiger charge is -2.23. The molecule has 2 unspecified atom stereocenters. The number of carbonyl (C=O) groups excluding carboxylic acids is 1. The van der Waals surface area contributed by atoms with E-state index in [0.717, 1.165) is 5.56 Å². The summed E-state index contributed by atoms with van der Waals surface area (Å²) in [7, 11) is 1.76. The van der Waals surface area contributed by atoms with E-state index >= 15 is 0 Å². The van der Waals surface area contributed by atoms with Crippen molar-refractivity contribution in [3.8, 4) is 0 Å².